The number of hydrogen-bond donors (Lipinski definition) is 1. The van der Waals surface area contributed by atoms with Crippen molar-refractivity contribution in [1.82, 2.24) is 24.9 Å². The van der Waals surface area contributed by atoms with Crippen molar-refractivity contribution in [3.05, 3.63) is 70.5 Å². The Morgan fingerprint density at radius 2 is 1.74 bits per heavy atom. The Labute approximate surface area is 202 Å². The second-order valence-corrected chi connectivity index (χ2v) is 9.21. The Hall–Kier alpha value is -3.17. The van der Waals surface area contributed by atoms with Gasteiger partial charge >= 0.3 is 6.03 Å². The van der Waals surface area contributed by atoms with Crippen LogP contribution in [0.5, 0.6) is 0 Å². The third kappa shape index (κ3) is 4.33. The van der Waals surface area contributed by atoms with E-state index in [2.05, 4.69) is 15.1 Å². The molecule has 3 aliphatic rings. The number of guanidine groups is 1. The van der Waals surface area contributed by atoms with E-state index < -0.39 is 18.2 Å². The first-order valence-corrected chi connectivity index (χ1v) is 11.7. The summed E-state index contributed by atoms with van der Waals surface area (Å²) >= 11 is 6.33. The lowest BCUT2D eigenvalue weighted by Gasteiger charge is -2.40. The zero-order valence-electron chi connectivity index (χ0n) is 18.8. The van der Waals surface area contributed by atoms with Crippen molar-refractivity contribution in [2.75, 3.05) is 33.2 Å². The number of hydrogen-bond acceptors (Lipinski definition) is 6. The second kappa shape index (κ2) is 9.23. The van der Waals surface area contributed by atoms with Crippen molar-refractivity contribution in [1.29, 1.82) is 0 Å². The minimum atomic E-state index is -0.635. The molecule has 34 heavy (non-hydrogen) atoms. The molecule has 3 amide bonds. The number of rotatable bonds is 4. The molecule has 2 unspecified atom stereocenters. The lowest BCUT2D eigenvalue weighted by molar-refractivity contribution is -0.127. The summed E-state index contributed by atoms with van der Waals surface area (Å²) in [6.45, 7) is 4.22. The van der Waals surface area contributed by atoms with Gasteiger partial charge in [-0.05, 0) is 29.3 Å². The highest BCUT2D eigenvalue weighted by molar-refractivity contribution is 6.31. The van der Waals surface area contributed by atoms with E-state index in [1.807, 2.05) is 29.2 Å². The summed E-state index contributed by atoms with van der Waals surface area (Å²) < 4.78 is 13.4. The molecular weight excluding hydrogens is 459 g/mol. The summed E-state index contributed by atoms with van der Waals surface area (Å²) in [5.74, 6) is 0.00653. The Morgan fingerprint density at radius 3 is 2.44 bits per heavy atom. The number of nitrogens with one attached hydrogen (secondary N) is 1. The van der Waals surface area contributed by atoms with E-state index in [0.717, 1.165) is 48.9 Å². The average Bonchev–Trinajstić information content (AvgIpc) is 3.21. The number of likely N-dealkylation sites (N-methyl/N-ethyl adjacent to an activating group) is 1. The summed E-state index contributed by atoms with van der Waals surface area (Å²) in [5, 5.41) is 3.18. The van der Waals surface area contributed by atoms with Crippen LogP contribution in [0.25, 0.3) is 0 Å². The van der Waals surface area contributed by atoms with Crippen LogP contribution in [0, 0.1) is 5.82 Å². The third-order valence-corrected chi connectivity index (χ3v) is 6.98. The predicted octanol–water partition coefficient (Wildman–Crippen LogP) is 2.34. The number of imide groups is 1. The summed E-state index contributed by atoms with van der Waals surface area (Å²) in [6, 6.07) is 13.0. The lowest BCUT2D eigenvalue weighted by Crippen LogP contribution is -2.64. The number of amides is 3. The molecule has 0 aliphatic carbocycles. The molecule has 2 aromatic carbocycles. The van der Waals surface area contributed by atoms with Crippen molar-refractivity contribution < 1.29 is 14.0 Å². The number of benzene rings is 2. The van der Waals surface area contributed by atoms with E-state index in [0.29, 0.717) is 12.5 Å². The molecule has 10 heteroatoms. The monoisotopic (exact) mass is 484 g/mol. The number of aliphatic imine (C=N–C) groups is 1. The van der Waals surface area contributed by atoms with Gasteiger partial charge in [0.1, 0.15) is 5.82 Å². The number of halogens is 2. The molecular formula is C24H26ClFN6O2. The van der Waals surface area contributed by atoms with Crippen LogP contribution in [0.2, 0.25) is 5.02 Å². The van der Waals surface area contributed by atoms with Crippen LogP contribution in [-0.2, 0) is 17.9 Å². The zero-order chi connectivity index (χ0) is 23.8. The van der Waals surface area contributed by atoms with Crippen LogP contribution in [0.3, 0.4) is 0 Å². The van der Waals surface area contributed by atoms with Crippen molar-refractivity contribution in [3.63, 3.8) is 0 Å². The van der Waals surface area contributed by atoms with Gasteiger partial charge in [0, 0.05) is 51.3 Å². The summed E-state index contributed by atoms with van der Waals surface area (Å²) in [6.07, 6.45) is -0.599. The summed E-state index contributed by atoms with van der Waals surface area (Å²) in [4.78, 5) is 37.8. The Bertz CT molecular complexity index is 1120. The first kappa shape index (κ1) is 22.6. The number of urea groups is 1. The molecule has 3 aliphatic heterocycles. The first-order chi connectivity index (χ1) is 16.4. The Morgan fingerprint density at radius 1 is 1.03 bits per heavy atom. The van der Waals surface area contributed by atoms with Crippen molar-refractivity contribution >= 4 is 29.5 Å². The van der Waals surface area contributed by atoms with E-state index in [1.165, 1.54) is 17.0 Å². The standard InChI is InChI=1S/C24H26ClFN6O2/c1-29-21-20(22(33)28-24(29)34)32(14-16-6-8-18(26)9-7-16)23(27-21)31-12-10-30(11-13-31)15-17-4-2-3-5-19(17)25/h2-9,20-21H,10-15H2,1H3,(H,28,33,34). The zero-order valence-corrected chi connectivity index (χ0v) is 19.6. The fraction of sp³-hybridized carbons (Fsp3) is 0.375. The van der Waals surface area contributed by atoms with E-state index >= 15 is 0 Å². The van der Waals surface area contributed by atoms with Gasteiger partial charge in [0.05, 0.1) is 0 Å². The topological polar surface area (TPSA) is 71.5 Å². The van der Waals surface area contributed by atoms with Crippen molar-refractivity contribution in [2.24, 2.45) is 4.99 Å². The van der Waals surface area contributed by atoms with Gasteiger partial charge in [-0.1, -0.05) is 41.9 Å². The molecule has 0 saturated carbocycles. The smallest absolute Gasteiger partial charge is 0.325 e. The van der Waals surface area contributed by atoms with Crippen LogP contribution in [-0.4, -0.2) is 82.9 Å². The Kier molecular flexibility index (Phi) is 6.14. The molecule has 8 nitrogen and oxygen atoms in total. The first-order valence-electron chi connectivity index (χ1n) is 11.3. The van der Waals surface area contributed by atoms with Crippen LogP contribution in [0.15, 0.2) is 53.5 Å². The second-order valence-electron chi connectivity index (χ2n) is 8.80. The van der Waals surface area contributed by atoms with E-state index in [-0.39, 0.29) is 11.7 Å². The van der Waals surface area contributed by atoms with Gasteiger partial charge in [-0.2, -0.15) is 0 Å². The number of piperazine rings is 1. The van der Waals surface area contributed by atoms with E-state index in [4.69, 9.17) is 16.6 Å². The van der Waals surface area contributed by atoms with Gasteiger partial charge in [0.15, 0.2) is 18.2 Å². The minimum Gasteiger partial charge on any atom is -0.340 e. The molecule has 2 fully saturated rings. The SMILES string of the molecule is CN1C(=O)NC(=O)C2C1N=C(N1CCN(Cc3ccccc3Cl)CC1)N2Cc1ccc(F)cc1. The fourth-order valence-electron chi connectivity index (χ4n) is 4.70. The van der Waals surface area contributed by atoms with Gasteiger partial charge in [0.25, 0.3) is 5.91 Å². The summed E-state index contributed by atoms with van der Waals surface area (Å²) in [5.41, 5.74) is 1.95. The molecule has 0 radical (unpaired) electrons. The number of nitrogens with zero attached hydrogens (tertiary/aromatic N) is 5. The van der Waals surface area contributed by atoms with Crippen molar-refractivity contribution in [2.45, 2.75) is 25.3 Å². The highest BCUT2D eigenvalue weighted by Crippen LogP contribution is 2.28. The molecule has 0 spiro atoms. The largest absolute Gasteiger partial charge is 0.340 e. The fourth-order valence-corrected chi connectivity index (χ4v) is 4.90. The lowest BCUT2D eigenvalue weighted by atomic mass is 10.1. The highest BCUT2D eigenvalue weighted by atomic mass is 35.5. The quantitative estimate of drug-likeness (QED) is 0.721. The molecule has 2 atom stereocenters. The van der Waals surface area contributed by atoms with Crippen LogP contribution in [0.4, 0.5) is 9.18 Å². The van der Waals surface area contributed by atoms with Gasteiger partial charge in [0.2, 0.25) is 0 Å². The van der Waals surface area contributed by atoms with E-state index in [1.54, 1.807) is 19.2 Å². The maximum atomic E-state index is 13.4. The van der Waals surface area contributed by atoms with Crippen molar-refractivity contribution in [3.8, 4) is 0 Å². The molecule has 3 heterocycles. The molecule has 0 bridgehead atoms. The number of fused-ring (bicyclic) bond motifs is 1. The summed E-state index contributed by atoms with van der Waals surface area (Å²) in [7, 11) is 1.64. The molecule has 0 aromatic heterocycles. The van der Waals surface area contributed by atoms with Gasteiger partial charge in [-0.25, -0.2) is 14.2 Å². The van der Waals surface area contributed by atoms with E-state index in [9.17, 15) is 14.0 Å². The third-order valence-electron chi connectivity index (χ3n) is 6.61. The molecule has 2 saturated heterocycles. The van der Waals surface area contributed by atoms with Gasteiger partial charge in [-0.3, -0.25) is 15.0 Å². The van der Waals surface area contributed by atoms with Crippen LogP contribution < -0.4 is 5.32 Å². The highest BCUT2D eigenvalue weighted by Gasteiger charge is 2.49. The molecule has 178 valence electrons. The minimum absolute atomic E-state index is 0.313. The molecule has 5 rings (SSSR count). The van der Waals surface area contributed by atoms with Gasteiger partial charge in [-0.15, -0.1) is 0 Å². The molecule has 1 N–H and O–H groups in total. The normalized spacial score (nSPS) is 23.1. The Balaban J connectivity index is 1.35. The average molecular weight is 485 g/mol. The maximum absolute atomic E-state index is 13.4. The number of carbonyl (C=O) groups is 2. The van der Waals surface area contributed by atoms with Crippen LogP contribution >= 0.6 is 11.6 Å². The van der Waals surface area contributed by atoms with Crippen LogP contribution in [0.1, 0.15) is 11.1 Å². The van der Waals surface area contributed by atoms with Gasteiger partial charge < -0.3 is 14.7 Å². The maximum Gasteiger partial charge on any atom is 0.325 e. The number of carbonyl (C=O) groups excluding carboxylic acids is 2. The molecule has 2 aromatic rings. The predicted molar refractivity (Wildman–Crippen MR) is 127 cm³/mol.